The number of rotatable bonds is 5. The van der Waals surface area contributed by atoms with E-state index in [9.17, 15) is 21.6 Å². The van der Waals surface area contributed by atoms with Crippen LogP contribution in [0.5, 0.6) is 11.5 Å². The van der Waals surface area contributed by atoms with Gasteiger partial charge in [0.25, 0.3) is 0 Å². The average molecular weight is 357 g/mol. The Morgan fingerprint density at radius 2 is 1.79 bits per heavy atom. The van der Waals surface area contributed by atoms with Crippen molar-refractivity contribution < 1.29 is 30.5 Å². The first-order valence-electron chi connectivity index (χ1n) is 6.55. The second kappa shape index (κ2) is 6.80. The molecular weight excluding hydrogens is 347 g/mol. The monoisotopic (exact) mass is 357 g/mol. The van der Waals surface area contributed by atoms with E-state index in [1.807, 2.05) is 6.07 Å². The minimum absolute atomic E-state index is 0.0666. The summed E-state index contributed by atoms with van der Waals surface area (Å²) in [5.41, 5.74) is 0.183. The van der Waals surface area contributed by atoms with E-state index in [0.29, 0.717) is 12.1 Å². The number of ether oxygens (including phenoxy) is 1. The van der Waals surface area contributed by atoms with Crippen molar-refractivity contribution >= 4 is 10.1 Å². The zero-order valence-corrected chi connectivity index (χ0v) is 13.0. The molecule has 0 amide bonds. The van der Waals surface area contributed by atoms with E-state index in [4.69, 9.17) is 14.2 Å². The Bertz CT molecular complexity index is 923. The lowest BCUT2D eigenvalue weighted by molar-refractivity contribution is 0.327. The third-order valence-electron chi connectivity index (χ3n) is 2.84. The molecule has 0 aliphatic rings. The minimum atomic E-state index is -4.79. The van der Waals surface area contributed by atoms with Gasteiger partial charge in [-0.15, -0.1) is 0 Å². The summed E-state index contributed by atoms with van der Waals surface area (Å²) in [6.07, 6.45) is 0. The molecule has 0 aromatic heterocycles. The van der Waals surface area contributed by atoms with Crippen LogP contribution in [0.25, 0.3) is 0 Å². The molecule has 2 aromatic carbocycles. The lowest BCUT2D eigenvalue weighted by atomic mass is 10.2. The molecule has 0 aliphatic carbocycles. The van der Waals surface area contributed by atoms with Gasteiger partial charge in [-0.3, -0.25) is 0 Å². The van der Waals surface area contributed by atoms with Crippen molar-refractivity contribution in [2.45, 2.75) is 11.8 Å². The molecule has 0 heterocycles. The molecule has 2 aromatic rings. The molecule has 0 atom stereocenters. The molecule has 5 nitrogen and oxygen atoms in total. The fourth-order valence-corrected chi connectivity index (χ4v) is 2.79. The van der Waals surface area contributed by atoms with Crippen LogP contribution < -0.4 is 8.92 Å². The van der Waals surface area contributed by atoms with Crippen LogP contribution in [0.3, 0.4) is 0 Å². The van der Waals surface area contributed by atoms with Crippen LogP contribution in [0.2, 0.25) is 0 Å². The first-order chi connectivity index (χ1) is 11.3. The van der Waals surface area contributed by atoms with Gasteiger partial charge in [0.2, 0.25) is 0 Å². The second-order valence-corrected chi connectivity index (χ2v) is 5.93. The van der Waals surface area contributed by atoms with E-state index in [1.165, 1.54) is 12.1 Å². The molecule has 0 spiro atoms. The Balaban J connectivity index is 2.47. The molecule has 0 saturated carbocycles. The van der Waals surface area contributed by atoms with Gasteiger partial charge in [-0.2, -0.15) is 13.7 Å². The van der Waals surface area contributed by atoms with E-state index in [2.05, 4.69) is 0 Å². The fourth-order valence-electron chi connectivity index (χ4n) is 1.78. The van der Waals surface area contributed by atoms with Crippen molar-refractivity contribution in [1.29, 1.82) is 5.26 Å². The Morgan fingerprint density at radius 3 is 2.42 bits per heavy atom. The number of benzene rings is 2. The molecule has 0 bridgehead atoms. The van der Waals surface area contributed by atoms with Gasteiger partial charge in [-0.25, -0.2) is 13.2 Å². The highest BCUT2D eigenvalue weighted by atomic mass is 32.2. The normalized spacial score (nSPS) is 11.0. The summed E-state index contributed by atoms with van der Waals surface area (Å²) in [5, 5.41) is 8.83. The fraction of sp³-hybridized carbons (Fsp3) is 0.133. The van der Waals surface area contributed by atoms with E-state index in [-0.39, 0.29) is 23.7 Å². The third-order valence-corrected chi connectivity index (χ3v) is 4.09. The quantitative estimate of drug-likeness (QED) is 0.607. The standard InChI is InChI=1S/C15H10F3NO4S/c1-2-22-12-7-9(8-19)3-5-11(12)23-24(20,21)13-6-4-10(16)14(17)15(13)18/h3-7H,2H2,1H3. The van der Waals surface area contributed by atoms with Crippen LogP contribution in [-0.2, 0) is 10.1 Å². The molecule has 0 aliphatic heterocycles. The topological polar surface area (TPSA) is 76.4 Å². The van der Waals surface area contributed by atoms with Crippen LogP contribution in [0.4, 0.5) is 13.2 Å². The molecule has 126 valence electrons. The maximum atomic E-state index is 13.7. The van der Waals surface area contributed by atoms with Gasteiger partial charge >= 0.3 is 10.1 Å². The van der Waals surface area contributed by atoms with Gasteiger partial charge in [0.1, 0.15) is 4.90 Å². The van der Waals surface area contributed by atoms with E-state index >= 15 is 0 Å². The molecule has 2 rings (SSSR count). The predicted molar refractivity (Wildman–Crippen MR) is 76.5 cm³/mol. The van der Waals surface area contributed by atoms with Crippen molar-refractivity contribution in [3.05, 3.63) is 53.3 Å². The molecule has 24 heavy (non-hydrogen) atoms. The van der Waals surface area contributed by atoms with Crippen LogP contribution in [0, 0.1) is 28.8 Å². The summed E-state index contributed by atoms with van der Waals surface area (Å²) < 4.78 is 74.0. The number of hydrogen-bond donors (Lipinski definition) is 0. The van der Waals surface area contributed by atoms with Crippen molar-refractivity contribution in [1.82, 2.24) is 0 Å². The number of halogens is 3. The SMILES string of the molecule is CCOc1cc(C#N)ccc1OS(=O)(=O)c1ccc(F)c(F)c1F. The van der Waals surface area contributed by atoms with Crippen LogP contribution in [-0.4, -0.2) is 15.0 Å². The third kappa shape index (κ3) is 3.44. The van der Waals surface area contributed by atoms with Crippen molar-refractivity contribution in [3.8, 4) is 17.6 Å². The average Bonchev–Trinajstić information content (AvgIpc) is 2.54. The maximum absolute atomic E-state index is 13.7. The minimum Gasteiger partial charge on any atom is -0.490 e. The number of hydrogen-bond acceptors (Lipinski definition) is 5. The van der Waals surface area contributed by atoms with Crippen molar-refractivity contribution in [2.75, 3.05) is 6.61 Å². The largest absolute Gasteiger partial charge is 0.490 e. The molecule has 0 saturated heterocycles. The van der Waals surface area contributed by atoms with Gasteiger partial charge in [0.05, 0.1) is 18.2 Å². The summed E-state index contributed by atoms with van der Waals surface area (Å²) >= 11 is 0. The van der Waals surface area contributed by atoms with Crippen molar-refractivity contribution in [3.63, 3.8) is 0 Å². The summed E-state index contributed by atoms with van der Waals surface area (Å²) in [6.45, 7) is 1.76. The lowest BCUT2D eigenvalue weighted by Crippen LogP contribution is -2.14. The Labute approximate surface area is 136 Å². The number of nitrogens with zero attached hydrogens (tertiary/aromatic N) is 1. The summed E-state index contributed by atoms with van der Waals surface area (Å²) in [6, 6.07) is 6.48. The van der Waals surface area contributed by atoms with Crippen LogP contribution in [0.15, 0.2) is 35.2 Å². The summed E-state index contributed by atoms with van der Waals surface area (Å²) in [5.74, 6) is -5.73. The highest BCUT2D eigenvalue weighted by Gasteiger charge is 2.27. The lowest BCUT2D eigenvalue weighted by Gasteiger charge is -2.12. The molecule has 0 N–H and O–H groups in total. The Kier molecular flexibility index (Phi) is 4.99. The molecule has 0 unspecified atom stereocenters. The molecule has 0 fully saturated rings. The Morgan fingerprint density at radius 1 is 1.08 bits per heavy atom. The van der Waals surface area contributed by atoms with E-state index in [0.717, 1.165) is 6.07 Å². The van der Waals surface area contributed by atoms with Gasteiger partial charge in [-0.1, -0.05) is 0 Å². The highest BCUT2D eigenvalue weighted by molar-refractivity contribution is 7.87. The summed E-state index contributed by atoms with van der Waals surface area (Å²) in [7, 11) is -4.79. The van der Waals surface area contributed by atoms with E-state index in [1.54, 1.807) is 6.92 Å². The first kappa shape index (κ1) is 17.6. The van der Waals surface area contributed by atoms with E-state index < -0.39 is 32.5 Å². The van der Waals surface area contributed by atoms with Gasteiger partial charge < -0.3 is 8.92 Å². The van der Waals surface area contributed by atoms with Gasteiger partial charge in [0, 0.05) is 6.07 Å². The summed E-state index contributed by atoms with van der Waals surface area (Å²) in [4.78, 5) is -1.16. The van der Waals surface area contributed by atoms with Crippen LogP contribution >= 0.6 is 0 Å². The van der Waals surface area contributed by atoms with Crippen molar-refractivity contribution in [2.24, 2.45) is 0 Å². The highest BCUT2D eigenvalue weighted by Crippen LogP contribution is 2.32. The van der Waals surface area contributed by atoms with Gasteiger partial charge in [-0.05, 0) is 31.2 Å². The Hall–Kier alpha value is -2.73. The first-order valence-corrected chi connectivity index (χ1v) is 7.96. The predicted octanol–water partition coefficient (Wildman–Crippen LogP) is 3.14. The number of nitriles is 1. The molecule has 0 radical (unpaired) electrons. The zero-order chi connectivity index (χ0) is 17.9. The maximum Gasteiger partial charge on any atom is 0.342 e. The smallest absolute Gasteiger partial charge is 0.342 e. The van der Waals surface area contributed by atoms with Gasteiger partial charge in [0.15, 0.2) is 29.0 Å². The second-order valence-electron chi connectivity index (χ2n) is 4.42. The molecular formula is C15H10F3NO4S. The molecule has 9 heteroatoms. The van der Waals surface area contributed by atoms with Crippen LogP contribution in [0.1, 0.15) is 12.5 Å². The zero-order valence-electron chi connectivity index (χ0n) is 12.2.